The Bertz CT molecular complexity index is 517. The number of nitrogens with zero attached hydrogens (tertiary/aromatic N) is 1. The van der Waals surface area contributed by atoms with Gasteiger partial charge in [-0.1, -0.05) is 11.6 Å². The van der Waals surface area contributed by atoms with Gasteiger partial charge in [-0.05, 0) is 32.0 Å². The summed E-state index contributed by atoms with van der Waals surface area (Å²) in [5.41, 5.74) is 3.34. The zero-order valence-electron chi connectivity index (χ0n) is 9.64. The van der Waals surface area contributed by atoms with Gasteiger partial charge in [-0.25, -0.2) is 4.39 Å². The second kappa shape index (κ2) is 4.75. The van der Waals surface area contributed by atoms with E-state index in [9.17, 15) is 4.39 Å². The summed E-state index contributed by atoms with van der Waals surface area (Å²) in [6, 6.07) is 4.44. The van der Waals surface area contributed by atoms with Gasteiger partial charge in [0.1, 0.15) is 5.82 Å². The highest BCUT2D eigenvalue weighted by atomic mass is 35.5. The molecular weight excluding hydrogens is 241 g/mol. The average molecular weight is 254 g/mol. The molecule has 90 valence electrons. The summed E-state index contributed by atoms with van der Waals surface area (Å²) in [5.74, 6) is -0.312. The van der Waals surface area contributed by atoms with E-state index in [4.69, 9.17) is 11.6 Å². The maximum atomic E-state index is 13.5. The van der Waals surface area contributed by atoms with Crippen LogP contribution in [0.1, 0.15) is 17.0 Å². The number of halogens is 2. The van der Waals surface area contributed by atoms with E-state index < -0.39 is 0 Å². The largest absolute Gasteiger partial charge is 0.378 e. The smallest absolute Gasteiger partial charge is 0.146 e. The highest BCUT2D eigenvalue weighted by molar-refractivity contribution is 6.30. The Labute approximate surface area is 104 Å². The molecule has 1 aromatic carbocycles. The normalized spacial score (nSPS) is 10.6. The van der Waals surface area contributed by atoms with Crippen molar-refractivity contribution in [3.05, 3.63) is 46.0 Å². The van der Waals surface area contributed by atoms with Crippen molar-refractivity contribution in [3.63, 3.8) is 0 Å². The predicted octanol–water partition coefficient (Wildman–Crippen LogP) is 3.43. The quantitative estimate of drug-likeness (QED) is 0.880. The van der Waals surface area contributed by atoms with E-state index >= 15 is 0 Å². The van der Waals surface area contributed by atoms with Crippen LogP contribution >= 0.6 is 11.6 Å². The van der Waals surface area contributed by atoms with Crippen molar-refractivity contribution in [2.45, 2.75) is 20.4 Å². The summed E-state index contributed by atoms with van der Waals surface area (Å²) in [6.45, 7) is 4.37. The van der Waals surface area contributed by atoms with Crippen molar-refractivity contribution in [3.8, 4) is 0 Å². The first kappa shape index (κ1) is 11.9. The number of aryl methyl sites for hydroxylation is 2. The van der Waals surface area contributed by atoms with Crippen LogP contribution in [-0.2, 0) is 6.54 Å². The molecule has 0 aliphatic carbocycles. The summed E-state index contributed by atoms with van der Waals surface area (Å²) >= 11 is 5.81. The maximum absolute atomic E-state index is 13.5. The Morgan fingerprint density at radius 1 is 1.41 bits per heavy atom. The number of aromatic nitrogens is 2. The van der Waals surface area contributed by atoms with E-state index in [0.717, 1.165) is 17.0 Å². The molecule has 2 aromatic rings. The molecule has 2 N–H and O–H groups in total. The summed E-state index contributed by atoms with van der Waals surface area (Å²) in [5, 5.41) is 10.5. The molecule has 0 aliphatic heterocycles. The summed E-state index contributed by atoms with van der Waals surface area (Å²) in [7, 11) is 0. The van der Waals surface area contributed by atoms with Crippen molar-refractivity contribution < 1.29 is 4.39 Å². The molecule has 1 aromatic heterocycles. The molecule has 0 atom stereocenters. The van der Waals surface area contributed by atoms with Crippen LogP contribution < -0.4 is 5.32 Å². The first-order valence-electron chi connectivity index (χ1n) is 5.27. The van der Waals surface area contributed by atoms with Crippen LogP contribution in [0.25, 0.3) is 0 Å². The molecule has 0 unspecified atom stereocenters. The molecule has 0 saturated carbocycles. The van der Waals surface area contributed by atoms with Crippen LogP contribution in [0.4, 0.5) is 10.1 Å². The van der Waals surface area contributed by atoms with Crippen LogP contribution in [0.3, 0.4) is 0 Å². The minimum atomic E-state index is -0.312. The molecule has 0 radical (unpaired) electrons. The second-order valence-electron chi connectivity index (χ2n) is 3.89. The minimum Gasteiger partial charge on any atom is -0.378 e. The lowest BCUT2D eigenvalue weighted by Gasteiger charge is -2.08. The predicted molar refractivity (Wildman–Crippen MR) is 66.8 cm³/mol. The first-order valence-corrected chi connectivity index (χ1v) is 5.65. The van der Waals surface area contributed by atoms with Crippen LogP contribution in [0.5, 0.6) is 0 Å². The van der Waals surface area contributed by atoms with Crippen molar-refractivity contribution in [2.75, 3.05) is 5.32 Å². The second-order valence-corrected chi connectivity index (χ2v) is 4.33. The highest BCUT2D eigenvalue weighted by Crippen LogP contribution is 2.21. The monoisotopic (exact) mass is 253 g/mol. The minimum absolute atomic E-state index is 0.312. The van der Waals surface area contributed by atoms with Gasteiger partial charge in [0.2, 0.25) is 0 Å². The Kier molecular flexibility index (Phi) is 3.33. The fourth-order valence-electron chi connectivity index (χ4n) is 1.65. The van der Waals surface area contributed by atoms with Crippen molar-refractivity contribution in [1.29, 1.82) is 0 Å². The molecule has 0 bridgehead atoms. The summed E-state index contributed by atoms with van der Waals surface area (Å²) < 4.78 is 13.5. The van der Waals surface area contributed by atoms with Gasteiger partial charge >= 0.3 is 0 Å². The van der Waals surface area contributed by atoms with Gasteiger partial charge in [0.15, 0.2) is 0 Å². The summed E-state index contributed by atoms with van der Waals surface area (Å²) in [6.07, 6.45) is 0. The van der Waals surface area contributed by atoms with Crippen LogP contribution in [0, 0.1) is 19.7 Å². The first-order chi connectivity index (χ1) is 8.08. The Hall–Kier alpha value is -1.55. The number of benzene rings is 1. The standard InChI is InChI=1S/C12H13ClFN3/c1-7-10(8(2)17-16-7)6-15-12-5-9(13)3-4-11(12)14/h3-5,15H,6H2,1-2H3,(H,16,17). The van der Waals surface area contributed by atoms with Gasteiger partial charge in [-0.15, -0.1) is 0 Å². The number of hydrogen-bond donors (Lipinski definition) is 2. The highest BCUT2D eigenvalue weighted by Gasteiger charge is 2.07. The van der Waals surface area contributed by atoms with Crippen molar-refractivity contribution in [2.24, 2.45) is 0 Å². The van der Waals surface area contributed by atoms with E-state index in [-0.39, 0.29) is 5.82 Å². The van der Waals surface area contributed by atoms with E-state index in [1.54, 1.807) is 6.07 Å². The van der Waals surface area contributed by atoms with E-state index in [1.165, 1.54) is 12.1 Å². The van der Waals surface area contributed by atoms with Gasteiger partial charge in [0, 0.05) is 22.8 Å². The molecular formula is C12H13ClFN3. The van der Waals surface area contributed by atoms with Gasteiger partial charge in [0.05, 0.1) is 11.4 Å². The number of rotatable bonds is 3. The molecule has 0 spiro atoms. The number of nitrogens with one attached hydrogen (secondary N) is 2. The third-order valence-electron chi connectivity index (χ3n) is 2.66. The molecule has 3 nitrogen and oxygen atoms in total. The average Bonchev–Trinajstić information content (AvgIpc) is 2.61. The third-order valence-corrected chi connectivity index (χ3v) is 2.90. The zero-order valence-corrected chi connectivity index (χ0v) is 10.4. The lowest BCUT2D eigenvalue weighted by atomic mass is 10.2. The van der Waals surface area contributed by atoms with E-state index in [2.05, 4.69) is 15.5 Å². The van der Waals surface area contributed by atoms with Crippen molar-refractivity contribution in [1.82, 2.24) is 10.2 Å². The molecule has 1 heterocycles. The summed E-state index contributed by atoms with van der Waals surface area (Å²) in [4.78, 5) is 0. The lowest BCUT2D eigenvalue weighted by molar-refractivity contribution is 0.630. The third kappa shape index (κ3) is 2.58. The Morgan fingerprint density at radius 2 is 2.18 bits per heavy atom. The molecule has 17 heavy (non-hydrogen) atoms. The Morgan fingerprint density at radius 3 is 2.82 bits per heavy atom. The van der Waals surface area contributed by atoms with Crippen LogP contribution in [0.2, 0.25) is 5.02 Å². The van der Waals surface area contributed by atoms with Crippen LogP contribution in [-0.4, -0.2) is 10.2 Å². The maximum Gasteiger partial charge on any atom is 0.146 e. The number of anilines is 1. The molecule has 2 rings (SSSR count). The molecule has 0 aliphatic rings. The number of hydrogen-bond acceptors (Lipinski definition) is 2. The topological polar surface area (TPSA) is 40.7 Å². The molecule has 0 saturated heterocycles. The van der Waals surface area contributed by atoms with Gasteiger partial charge in [-0.2, -0.15) is 5.10 Å². The van der Waals surface area contributed by atoms with Crippen molar-refractivity contribution >= 4 is 17.3 Å². The molecule has 0 amide bonds. The fraction of sp³-hybridized carbons (Fsp3) is 0.250. The Balaban J connectivity index is 2.15. The van der Waals surface area contributed by atoms with Gasteiger partial charge in [-0.3, -0.25) is 5.10 Å². The number of aromatic amines is 1. The van der Waals surface area contributed by atoms with E-state index in [0.29, 0.717) is 17.3 Å². The van der Waals surface area contributed by atoms with Gasteiger partial charge in [0.25, 0.3) is 0 Å². The number of H-pyrrole nitrogens is 1. The van der Waals surface area contributed by atoms with Crippen LogP contribution in [0.15, 0.2) is 18.2 Å². The lowest BCUT2D eigenvalue weighted by Crippen LogP contribution is -2.03. The SMILES string of the molecule is Cc1n[nH]c(C)c1CNc1cc(Cl)ccc1F. The van der Waals surface area contributed by atoms with Gasteiger partial charge < -0.3 is 5.32 Å². The molecule has 0 fully saturated rings. The van der Waals surface area contributed by atoms with E-state index in [1.807, 2.05) is 13.8 Å². The molecule has 5 heteroatoms. The zero-order chi connectivity index (χ0) is 12.4. The fourth-order valence-corrected chi connectivity index (χ4v) is 1.82.